The van der Waals surface area contributed by atoms with Crippen molar-refractivity contribution in [2.24, 2.45) is 0 Å². The van der Waals surface area contributed by atoms with E-state index in [4.69, 9.17) is 17.0 Å². The van der Waals surface area contributed by atoms with Gasteiger partial charge in [-0.25, -0.2) is 14.8 Å². The summed E-state index contributed by atoms with van der Waals surface area (Å²) < 4.78 is 47.3. The number of methoxy groups -OCH3 is 1. The van der Waals surface area contributed by atoms with Crippen molar-refractivity contribution in [2.45, 2.75) is 20.0 Å². The highest BCUT2D eigenvalue weighted by Crippen LogP contribution is 2.32. The smallest absolute Gasteiger partial charge is 0.416 e. The van der Waals surface area contributed by atoms with Crippen LogP contribution in [0.3, 0.4) is 0 Å². The van der Waals surface area contributed by atoms with Crippen molar-refractivity contribution in [3.8, 4) is 5.69 Å². The Bertz CT molecular complexity index is 1860. The summed E-state index contributed by atoms with van der Waals surface area (Å²) in [7, 11) is 1.27. The second kappa shape index (κ2) is 11.1. The predicted octanol–water partition coefficient (Wildman–Crippen LogP) is 6.21. The molecule has 0 saturated carbocycles. The number of aromatic nitrogens is 4. The quantitative estimate of drug-likeness (QED) is 0.159. The van der Waals surface area contributed by atoms with E-state index < -0.39 is 23.6 Å². The molecule has 0 aliphatic carbocycles. The van der Waals surface area contributed by atoms with Crippen LogP contribution in [0, 0.1) is 13.8 Å². The SMILES string of the molecule is COC(=O)c1cc2cc(NC(=O)c3cc(NC(=S)c4cc(-n5cnc(C)c5)cc(C(F)(F)F)c4)ccc3C)cnc2[nH]1. The van der Waals surface area contributed by atoms with Gasteiger partial charge in [0, 0.05) is 34.1 Å². The van der Waals surface area contributed by atoms with E-state index in [0.717, 1.165) is 12.1 Å². The zero-order valence-electron chi connectivity index (χ0n) is 22.5. The van der Waals surface area contributed by atoms with Crippen LogP contribution in [-0.4, -0.2) is 43.5 Å². The number of aryl methyl sites for hydroxylation is 2. The summed E-state index contributed by atoms with van der Waals surface area (Å²) >= 11 is 5.47. The van der Waals surface area contributed by atoms with E-state index in [1.807, 2.05) is 0 Å². The maximum absolute atomic E-state index is 13.7. The molecule has 0 unspecified atom stereocenters. The molecule has 214 valence electrons. The first-order chi connectivity index (χ1) is 19.9. The van der Waals surface area contributed by atoms with Gasteiger partial charge in [-0.15, -0.1) is 0 Å². The lowest BCUT2D eigenvalue weighted by molar-refractivity contribution is -0.137. The number of nitrogens with one attached hydrogen (secondary N) is 3. The Labute approximate surface area is 242 Å². The largest absolute Gasteiger partial charge is 0.464 e. The van der Waals surface area contributed by atoms with Gasteiger partial charge in [0.2, 0.25) is 0 Å². The first kappa shape index (κ1) is 28.5. The van der Waals surface area contributed by atoms with Crippen molar-refractivity contribution in [1.82, 2.24) is 19.5 Å². The van der Waals surface area contributed by atoms with Crippen LogP contribution in [0.15, 0.2) is 67.3 Å². The molecule has 5 aromatic rings. The van der Waals surface area contributed by atoms with Gasteiger partial charge >= 0.3 is 12.1 Å². The molecule has 3 heterocycles. The molecular weight excluding hydrogens is 569 g/mol. The Morgan fingerprint density at radius 3 is 2.48 bits per heavy atom. The van der Waals surface area contributed by atoms with Crippen molar-refractivity contribution in [2.75, 3.05) is 17.7 Å². The average molecular weight is 593 g/mol. The lowest BCUT2D eigenvalue weighted by atomic mass is 10.1. The second-order valence-electron chi connectivity index (χ2n) is 9.46. The molecule has 0 radical (unpaired) electrons. The number of halogens is 3. The van der Waals surface area contributed by atoms with Gasteiger partial charge in [-0.05, 0) is 61.9 Å². The zero-order valence-corrected chi connectivity index (χ0v) is 23.3. The van der Waals surface area contributed by atoms with E-state index >= 15 is 0 Å². The number of nitrogens with zero attached hydrogens (tertiary/aromatic N) is 3. The first-order valence-electron chi connectivity index (χ1n) is 12.4. The first-order valence-corrected chi connectivity index (χ1v) is 12.9. The van der Waals surface area contributed by atoms with Crippen LogP contribution in [0.4, 0.5) is 24.5 Å². The number of fused-ring (bicyclic) bond motifs is 1. The molecule has 0 aliphatic heterocycles. The molecule has 42 heavy (non-hydrogen) atoms. The van der Waals surface area contributed by atoms with Gasteiger partial charge in [-0.2, -0.15) is 13.2 Å². The number of benzene rings is 2. The van der Waals surface area contributed by atoms with E-state index in [2.05, 4.69) is 25.6 Å². The topological polar surface area (TPSA) is 114 Å². The van der Waals surface area contributed by atoms with Gasteiger partial charge < -0.3 is 24.9 Å². The monoisotopic (exact) mass is 592 g/mol. The normalized spacial score (nSPS) is 11.4. The highest BCUT2D eigenvalue weighted by molar-refractivity contribution is 7.81. The number of carbonyl (C=O) groups is 2. The fourth-order valence-electron chi connectivity index (χ4n) is 4.27. The number of alkyl halides is 3. The molecule has 0 atom stereocenters. The predicted molar refractivity (Wildman–Crippen MR) is 155 cm³/mol. The third-order valence-corrected chi connectivity index (χ3v) is 6.73. The number of anilines is 2. The molecule has 3 N–H and O–H groups in total. The van der Waals surface area contributed by atoms with Crippen LogP contribution in [0.2, 0.25) is 0 Å². The molecule has 3 aromatic heterocycles. The van der Waals surface area contributed by atoms with Gasteiger partial charge in [0.05, 0.1) is 36.6 Å². The third kappa shape index (κ3) is 6.00. The number of ether oxygens (including phenoxy) is 1. The van der Waals surface area contributed by atoms with Gasteiger partial charge in [0.25, 0.3) is 5.91 Å². The number of esters is 1. The summed E-state index contributed by atoms with van der Waals surface area (Å²) in [6.07, 6.45) is -0.110. The molecule has 13 heteroatoms. The number of hydrogen-bond acceptors (Lipinski definition) is 6. The molecule has 0 spiro atoms. The van der Waals surface area contributed by atoms with Crippen LogP contribution in [-0.2, 0) is 10.9 Å². The Kier molecular flexibility index (Phi) is 7.52. The summed E-state index contributed by atoms with van der Waals surface area (Å²) in [4.78, 5) is 36.2. The number of pyridine rings is 1. The average Bonchev–Trinajstić information content (AvgIpc) is 3.59. The zero-order chi connectivity index (χ0) is 30.2. The van der Waals surface area contributed by atoms with E-state index in [-0.39, 0.29) is 21.9 Å². The summed E-state index contributed by atoms with van der Waals surface area (Å²) in [6, 6.07) is 11.7. The number of aromatic amines is 1. The summed E-state index contributed by atoms with van der Waals surface area (Å²) in [5.74, 6) is -0.988. The third-order valence-electron chi connectivity index (χ3n) is 6.39. The van der Waals surface area contributed by atoms with Crippen molar-refractivity contribution < 1.29 is 27.5 Å². The minimum Gasteiger partial charge on any atom is -0.464 e. The number of imidazole rings is 1. The van der Waals surface area contributed by atoms with Crippen molar-refractivity contribution in [3.63, 3.8) is 0 Å². The van der Waals surface area contributed by atoms with Crippen LogP contribution in [0.1, 0.15) is 43.2 Å². The fraction of sp³-hybridized carbons (Fsp3) is 0.138. The maximum atomic E-state index is 13.7. The molecule has 5 rings (SSSR count). The second-order valence-corrected chi connectivity index (χ2v) is 9.87. The van der Waals surface area contributed by atoms with Crippen LogP contribution in [0.25, 0.3) is 16.7 Å². The molecule has 2 aromatic carbocycles. The van der Waals surface area contributed by atoms with Gasteiger partial charge in [0.15, 0.2) is 0 Å². The highest BCUT2D eigenvalue weighted by atomic mass is 32.1. The molecule has 0 fully saturated rings. The number of thiocarbonyl (C=S) groups is 1. The van der Waals surface area contributed by atoms with E-state index in [0.29, 0.717) is 39.2 Å². The number of hydrogen-bond donors (Lipinski definition) is 3. The Morgan fingerprint density at radius 2 is 1.79 bits per heavy atom. The molecule has 0 aliphatic rings. The molecule has 1 amide bonds. The molecule has 9 nitrogen and oxygen atoms in total. The van der Waals surface area contributed by atoms with Crippen LogP contribution >= 0.6 is 12.2 Å². The Morgan fingerprint density at radius 1 is 1.00 bits per heavy atom. The highest BCUT2D eigenvalue weighted by Gasteiger charge is 2.32. The van der Waals surface area contributed by atoms with Gasteiger partial charge in [-0.3, -0.25) is 4.79 Å². The molecular formula is C29H23F3N6O3S. The Balaban J connectivity index is 1.38. The summed E-state index contributed by atoms with van der Waals surface area (Å²) in [5.41, 5.74) is 2.63. The number of carbonyl (C=O) groups excluding carboxylic acids is 2. The van der Waals surface area contributed by atoms with E-state index in [1.54, 1.807) is 50.4 Å². The fourth-order valence-corrected chi connectivity index (χ4v) is 4.50. The lowest BCUT2D eigenvalue weighted by Gasteiger charge is -2.15. The van der Waals surface area contributed by atoms with E-state index in [1.165, 1.54) is 30.3 Å². The van der Waals surface area contributed by atoms with Crippen molar-refractivity contribution >= 4 is 51.5 Å². The van der Waals surface area contributed by atoms with Crippen LogP contribution < -0.4 is 10.6 Å². The van der Waals surface area contributed by atoms with E-state index in [9.17, 15) is 22.8 Å². The lowest BCUT2D eigenvalue weighted by Crippen LogP contribution is -2.16. The number of amides is 1. The van der Waals surface area contributed by atoms with Crippen molar-refractivity contribution in [1.29, 1.82) is 0 Å². The van der Waals surface area contributed by atoms with Gasteiger partial charge in [0.1, 0.15) is 16.3 Å². The van der Waals surface area contributed by atoms with Crippen LogP contribution in [0.5, 0.6) is 0 Å². The van der Waals surface area contributed by atoms with Crippen molar-refractivity contribution in [3.05, 3.63) is 101 Å². The molecule has 0 bridgehead atoms. The standard InChI is InChI=1S/C29H23F3N6O3S/c1-15-4-5-20(11-23(15)26(39)35-21-7-17-9-24(28(40)41-3)37-25(17)33-12-21)36-27(42)18-6-19(29(30,31)32)10-22(8-18)38-13-16(2)34-14-38/h4-14H,1-3H3,(H,33,37)(H,35,39)(H,36,42). The number of rotatable bonds is 6. The summed E-state index contributed by atoms with van der Waals surface area (Å²) in [6.45, 7) is 3.48. The molecule has 0 saturated heterocycles. The Hall–Kier alpha value is -5.04. The minimum absolute atomic E-state index is 0.0397. The number of H-pyrrole nitrogens is 1. The minimum atomic E-state index is -4.59. The van der Waals surface area contributed by atoms with Gasteiger partial charge in [-0.1, -0.05) is 18.3 Å². The summed E-state index contributed by atoms with van der Waals surface area (Å²) in [5, 5.41) is 6.33. The maximum Gasteiger partial charge on any atom is 0.416 e.